The quantitative estimate of drug-likeness (QED) is 0.330. The van der Waals surface area contributed by atoms with Gasteiger partial charge in [-0.05, 0) is 55.3 Å². The van der Waals surface area contributed by atoms with Gasteiger partial charge in [0.05, 0.1) is 48.6 Å². The maximum atomic E-state index is 13.0. The van der Waals surface area contributed by atoms with Crippen molar-refractivity contribution in [2.45, 2.75) is 25.3 Å². The number of methoxy groups -OCH3 is 1. The fraction of sp³-hybridized carbons (Fsp3) is 0.276. The Morgan fingerprint density at radius 1 is 1.03 bits per heavy atom. The number of aliphatic imine (C=N–C) groups is 1. The largest absolute Gasteiger partial charge is 0.493 e. The van der Waals surface area contributed by atoms with E-state index in [-0.39, 0.29) is 11.9 Å². The van der Waals surface area contributed by atoms with Gasteiger partial charge in [-0.15, -0.1) is 0 Å². The monoisotopic (exact) mass is 496 g/mol. The van der Waals surface area contributed by atoms with Crippen molar-refractivity contribution in [3.05, 3.63) is 66.2 Å². The second-order valence-corrected chi connectivity index (χ2v) is 9.18. The molecule has 1 N–H and O–H groups in total. The van der Waals surface area contributed by atoms with E-state index >= 15 is 0 Å². The van der Waals surface area contributed by atoms with Crippen LogP contribution in [0.3, 0.4) is 0 Å². The molecule has 3 aromatic carbocycles. The van der Waals surface area contributed by atoms with Crippen LogP contribution >= 0.6 is 0 Å². The Labute approximate surface area is 214 Å². The molecule has 188 valence electrons. The molecule has 2 aliphatic rings. The molecule has 37 heavy (non-hydrogen) atoms. The van der Waals surface area contributed by atoms with Crippen LogP contribution in [0.25, 0.3) is 22.4 Å². The van der Waals surface area contributed by atoms with Crippen molar-refractivity contribution in [3.8, 4) is 28.6 Å². The van der Waals surface area contributed by atoms with Crippen molar-refractivity contribution in [1.82, 2.24) is 14.9 Å². The standard InChI is InChI=1S/C29H28N4O4/c1-35-26-16-22-25(30-18-20-6-4-13-33(20)29(22)34)17-27(26)37-15-5-14-36-21-11-9-19(10-12-21)28-31-23-7-2-3-8-24(23)32-28/h2-3,7-12,16-18,20H,4-6,13-15H2,1H3,(H,31,32)/t20-/m0/s1. The molecule has 1 aromatic heterocycles. The number of carbonyl (C=O) groups excluding carboxylic acids is 1. The topological polar surface area (TPSA) is 89.0 Å². The molecule has 6 rings (SSSR count). The number of H-pyrrole nitrogens is 1. The van der Waals surface area contributed by atoms with E-state index in [0.717, 1.165) is 47.6 Å². The second-order valence-electron chi connectivity index (χ2n) is 9.18. The van der Waals surface area contributed by atoms with Crippen LogP contribution in [0.1, 0.15) is 29.6 Å². The third-order valence-electron chi connectivity index (χ3n) is 6.79. The lowest BCUT2D eigenvalue weighted by Crippen LogP contribution is -2.35. The molecule has 1 fully saturated rings. The Morgan fingerprint density at radius 2 is 1.86 bits per heavy atom. The van der Waals surface area contributed by atoms with Crippen molar-refractivity contribution in [3.63, 3.8) is 0 Å². The molecule has 0 saturated carbocycles. The van der Waals surface area contributed by atoms with E-state index in [9.17, 15) is 4.79 Å². The molecule has 2 aliphatic heterocycles. The first kappa shape index (κ1) is 23.1. The molecule has 0 bridgehead atoms. The zero-order valence-corrected chi connectivity index (χ0v) is 20.6. The van der Waals surface area contributed by atoms with Gasteiger partial charge in [0.15, 0.2) is 11.5 Å². The number of nitrogens with one attached hydrogen (secondary N) is 1. The number of rotatable bonds is 8. The lowest BCUT2D eigenvalue weighted by atomic mass is 10.1. The normalized spacial score (nSPS) is 16.4. The van der Waals surface area contributed by atoms with Gasteiger partial charge in [-0.3, -0.25) is 9.79 Å². The zero-order chi connectivity index (χ0) is 25.2. The number of aromatic amines is 1. The number of para-hydroxylation sites is 2. The molecule has 4 aromatic rings. The lowest BCUT2D eigenvalue weighted by molar-refractivity contribution is 0.0774. The fourth-order valence-electron chi connectivity index (χ4n) is 4.85. The number of fused-ring (bicyclic) bond motifs is 3. The molecule has 0 unspecified atom stereocenters. The summed E-state index contributed by atoms with van der Waals surface area (Å²) in [6.07, 6.45) is 4.51. The minimum Gasteiger partial charge on any atom is -0.493 e. The van der Waals surface area contributed by atoms with E-state index in [1.165, 1.54) is 0 Å². The summed E-state index contributed by atoms with van der Waals surface area (Å²) in [5.74, 6) is 2.73. The van der Waals surface area contributed by atoms with Crippen molar-refractivity contribution >= 4 is 28.8 Å². The third-order valence-corrected chi connectivity index (χ3v) is 6.79. The van der Waals surface area contributed by atoms with Gasteiger partial charge in [0.2, 0.25) is 0 Å². The van der Waals surface area contributed by atoms with E-state index in [1.54, 1.807) is 19.2 Å². The number of aromatic nitrogens is 2. The number of ether oxygens (including phenoxy) is 3. The van der Waals surface area contributed by atoms with Crippen molar-refractivity contribution in [2.24, 2.45) is 4.99 Å². The van der Waals surface area contributed by atoms with Gasteiger partial charge in [0, 0.05) is 30.8 Å². The maximum absolute atomic E-state index is 13.0. The zero-order valence-electron chi connectivity index (χ0n) is 20.6. The Balaban J connectivity index is 1.04. The van der Waals surface area contributed by atoms with Crippen LogP contribution < -0.4 is 14.2 Å². The van der Waals surface area contributed by atoms with Crippen molar-refractivity contribution in [1.29, 1.82) is 0 Å². The maximum Gasteiger partial charge on any atom is 0.256 e. The number of hydrogen-bond acceptors (Lipinski definition) is 6. The van der Waals surface area contributed by atoms with Crippen LogP contribution in [-0.4, -0.2) is 59.9 Å². The highest BCUT2D eigenvalue weighted by Gasteiger charge is 2.32. The molecule has 8 heteroatoms. The van der Waals surface area contributed by atoms with Crippen LogP contribution in [-0.2, 0) is 0 Å². The number of nitrogens with zero attached hydrogens (tertiary/aromatic N) is 3. The summed E-state index contributed by atoms with van der Waals surface area (Å²) >= 11 is 0. The summed E-state index contributed by atoms with van der Waals surface area (Å²) in [6, 6.07) is 19.5. The molecular formula is C29H28N4O4. The van der Waals surface area contributed by atoms with E-state index < -0.39 is 0 Å². The molecule has 1 saturated heterocycles. The average molecular weight is 497 g/mol. The molecule has 0 spiro atoms. The molecule has 0 aliphatic carbocycles. The Kier molecular flexibility index (Phi) is 6.22. The van der Waals surface area contributed by atoms with Gasteiger partial charge in [-0.2, -0.15) is 0 Å². The summed E-state index contributed by atoms with van der Waals surface area (Å²) in [7, 11) is 1.58. The highest BCUT2D eigenvalue weighted by atomic mass is 16.5. The minimum absolute atomic E-state index is 0.000379. The smallest absolute Gasteiger partial charge is 0.256 e. The van der Waals surface area contributed by atoms with Gasteiger partial charge in [0.1, 0.15) is 11.6 Å². The van der Waals surface area contributed by atoms with Crippen LogP contribution in [0.4, 0.5) is 5.69 Å². The van der Waals surface area contributed by atoms with Crippen molar-refractivity contribution in [2.75, 3.05) is 26.9 Å². The molecule has 8 nitrogen and oxygen atoms in total. The van der Waals surface area contributed by atoms with Gasteiger partial charge < -0.3 is 24.1 Å². The average Bonchev–Trinajstić information content (AvgIpc) is 3.56. The summed E-state index contributed by atoms with van der Waals surface area (Å²) in [5.41, 5.74) is 4.14. The Bertz CT molecular complexity index is 1430. The molecule has 3 heterocycles. The SMILES string of the molecule is COc1cc2c(cc1OCCCOc1ccc(-c3nc4ccccc4[nH]3)cc1)N=C[C@@H]1CCCN1C2=O. The molecule has 0 radical (unpaired) electrons. The van der Waals surface area contributed by atoms with Crippen LogP contribution in [0.15, 0.2) is 65.7 Å². The predicted molar refractivity (Wildman–Crippen MR) is 142 cm³/mol. The Hall–Kier alpha value is -4.33. The third kappa shape index (κ3) is 4.62. The predicted octanol–water partition coefficient (Wildman–Crippen LogP) is 5.41. The van der Waals surface area contributed by atoms with Crippen LogP contribution in [0.5, 0.6) is 17.2 Å². The fourth-order valence-corrected chi connectivity index (χ4v) is 4.85. The van der Waals surface area contributed by atoms with E-state index in [1.807, 2.05) is 59.6 Å². The lowest BCUT2D eigenvalue weighted by Gasteiger charge is -2.20. The van der Waals surface area contributed by atoms with Gasteiger partial charge in [-0.1, -0.05) is 12.1 Å². The summed E-state index contributed by atoms with van der Waals surface area (Å²) in [4.78, 5) is 27.5. The van der Waals surface area contributed by atoms with Crippen molar-refractivity contribution < 1.29 is 19.0 Å². The number of amides is 1. The van der Waals surface area contributed by atoms with Gasteiger partial charge >= 0.3 is 0 Å². The first-order valence-electron chi connectivity index (χ1n) is 12.6. The summed E-state index contributed by atoms with van der Waals surface area (Å²) < 4.78 is 17.4. The van der Waals surface area contributed by atoms with E-state index in [2.05, 4.69) is 15.0 Å². The van der Waals surface area contributed by atoms with Crippen LogP contribution in [0.2, 0.25) is 0 Å². The van der Waals surface area contributed by atoms with E-state index in [4.69, 9.17) is 14.2 Å². The molecule has 1 amide bonds. The first-order valence-corrected chi connectivity index (χ1v) is 12.6. The number of imidazole rings is 1. The number of carbonyl (C=O) groups is 1. The van der Waals surface area contributed by atoms with Crippen LogP contribution in [0, 0.1) is 0 Å². The first-order chi connectivity index (χ1) is 18.2. The van der Waals surface area contributed by atoms with Gasteiger partial charge in [0.25, 0.3) is 5.91 Å². The number of hydrogen-bond donors (Lipinski definition) is 1. The van der Waals surface area contributed by atoms with E-state index in [0.29, 0.717) is 42.4 Å². The van der Waals surface area contributed by atoms with Gasteiger partial charge in [-0.25, -0.2) is 4.98 Å². The summed E-state index contributed by atoms with van der Waals surface area (Å²) in [5, 5.41) is 0. The summed E-state index contributed by atoms with van der Waals surface area (Å²) in [6.45, 7) is 1.71. The Morgan fingerprint density at radius 3 is 2.70 bits per heavy atom. The molecule has 1 atom stereocenters. The second kappa shape index (κ2) is 9.97. The minimum atomic E-state index is -0.000379. The molecular weight excluding hydrogens is 468 g/mol. The number of benzene rings is 3. The highest BCUT2D eigenvalue weighted by Crippen LogP contribution is 2.38. The highest BCUT2D eigenvalue weighted by molar-refractivity contribution is 6.03.